The molecule has 3 N–H and O–H groups in total. The van der Waals surface area contributed by atoms with Crippen LogP contribution in [0.2, 0.25) is 5.02 Å². The number of rotatable bonds is 4. The van der Waals surface area contributed by atoms with Crippen LogP contribution in [0.3, 0.4) is 0 Å². The monoisotopic (exact) mass is 256 g/mol. The predicted molar refractivity (Wildman–Crippen MR) is 66.1 cm³/mol. The molecule has 1 heterocycles. The van der Waals surface area contributed by atoms with E-state index in [0.717, 1.165) is 25.7 Å². The van der Waals surface area contributed by atoms with Crippen LogP contribution >= 0.6 is 11.6 Å². The number of hydrogen-bond acceptors (Lipinski definition) is 2. The molecule has 1 fully saturated rings. The molecule has 17 heavy (non-hydrogen) atoms. The largest absolute Gasteiger partial charge is 0.396 e. The number of carbonyl (C=O) groups excluding carboxylic acids is 1. The van der Waals surface area contributed by atoms with Crippen molar-refractivity contribution in [3.05, 3.63) is 23.0 Å². The summed E-state index contributed by atoms with van der Waals surface area (Å²) in [5, 5.41) is 12.8. The highest BCUT2D eigenvalue weighted by Gasteiger charge is 2.33. The molecule has 1 saturated carbocycles. The molecule has 2 rings (SSSR count). The van der Waals surface area contributed by atoms with Gasteiger partial charge in [0.2, 0.25) is 0 Å². The van der Waals surface area contributed by atoms with E-state index in [1.807, 2.05) is 0 Å². The second-order valence-electron chi connectivity index (χ2n) is 4.78. The van der Waals surface area contributed by atoms with Gasteiger partial charge in [-0.15, -0.1) is 0 Å². The van der Waals surface area contributed by atoms with Crippen molar-refractivity contribution < 1.29 is 9.90 Å². The van der Waals surface area contributed by atoms with Gasteiger partial charge in [0, 0.05) is 18.2 Å². The number of aliphatic hydroxyl groups excluding tert-OH is 1. The van der Waals surface area contributed by atoms with Crippen molar-refractivity contribution in [2.24, 2.45) is 5.41 Å². The first kappa shape index (κ1) is 12.5. The van der Waals surface area contributed by atoms with Crippen molar-refractivity contribution in [2.75, 3.05) is 13.2 Å². The first-order valence-electron chi connectivity index (χ1n) is 5.88. The second-order valence-corrected chi connectivity index (χ2v) is 5.22. The van der Waals surface area contributed by atoms with E-state index in [1.54, 1.807) is 12.3 Å². The third-order valence-corrected chi connectivity index (χ3v) is 3.73. The summed E-state index contributed by atoms with van der Waals surface area (Å²) in [5.41, 5.74) is 0.340. The highest BCUT2D eigenvalue weighted by atomic mass is 35.5. The number of aliphatic hydroxyl groups is 1. The van der Waals surface area contributed by atoms with Gasteiger partial charge in [-0.2, -0.15) is 0 Å². The van der Waals surface area contributed by atoms with Crippen molar-refractivity contribution in [1.29, 1.82) is 0 Å². The Morgan fingerprint density at radius 2 is 2.24 bits per heavy atom. The molecule has 1 aromatic rings. The molecule has 5 heteroatoms. The van der Waals surface area contributed by atoms with Crippen molar-refractivity contribution in [3.8, 4) is 0 Å². The second kappa shape index (κ2) is 5.10. The summed E-state index contributed by atoms with van der Waals surface area (Å²) in [6, 6.07) is 1.59. The van der Waals surface area contributed by atoms with Crippen molar-refractivity contribution in [1.82, 2.24) is 10.3 Å². The first-order valence-corrected chi connectivity index (χ1v) is 6.26. The number of aromatic nitrogens is 1. The number of hydrogen-bond donors (Lipinski definition) is 3. The molecule has 0 aromatic carbocycles. The maximum Gasteiger partial charge on any atom is 0.267 e. The summed E-state index contributed by atoms with van der Waals surface area (Å²) in [7, 11) is 0. The zero-order valence-electron chi connectivity index (χ0n) is 9.63. The van der Waals surface area contributed by atoms with Crippen LogP contribution in [0.25, 0.3) is 0 Å². The number of carbonyl (C=O) groups is 1. The molecule has 0 aliphatic heterocycles. The Kier molecular flexibility index (Phi) is 3.74. The van der Waals surface area contributed by atoms with Crippen molar-refractivity contribution in [2.45, 2.75) is 25.7 Å². The lowest BCUT2D eigenvalue weighted by molar-refractivity contribution is 0.0876. The number of H-pyrrole nitrogens is 1. The van der Waals surface area contributed by atoms with Crippen LogP contribution in [0.4, 0.5) is 0 Å². The van der Waals surface area contributed by atoms with Crippen LogP contribution < -0.4 is 5.32 Å². The molecule has 94 valence electrons. The van der Waals surface area contributed by atoms with Gasteiger partial charge in [0.15, 0.2) is 0 Å². The standard InChI is InChI=1S/C12H17ClN2O2/c13-9-5-10(14-6-9)11(17)15-7-12(8-16)3-1-2-4-12/h5-6,14,16H,1-4,7-8H2,(H,15,17). The smallest absolute Gasteiger partial charge is 0.267 e. The molecule has 0 saturated heterocycles. The van der Waals surface area contributed by atoms with Crippen LogP contribution in [0.15, 0.2) is 12.3 Å². The fourth-order valence-electron chi connectivity index (χ4n) is 2.38. The van der Waals surface area contributed by atoms with Crippen molar-refractivity contribution >= 4 is 17.5 Å². The molecule has 0 spiro atoms. The van der Waals surface area contributed by atoms with E-state index in [9.17, 15) is 9.90 Å². The maximum absolute atomic E-state index is 11.8. The first-order chi connectivity index (χ1) is 8.15. The molecule has 0 radical (unpaired) electrons. The van der Waals surface area contributed by atoms with E-state index in [-0.39, 0.29) is 17.9 Å². The zero-order valence-corrected chi connectivity index (χ0v) is 10.4. The third-order valence-electron chi connectivity index (χ3n) is 3.52. The Hall–Kier alpha value is -1.00. The minimum atomic E-state index is -0.170. The van der Waals surface area contributed by atoms with Gasteiger partial charge < -0.3 is 15.4 Å². The number of amides is 1. The van der Waals surface area contributed by atoms with Crippen LogP contribution in [0, 0.1) is 5.41 Å². The minimum Gasteiger partial charge on any atom is -0.396 e. The van der Waals surface area contributed by atoms with Gasteiger partial charge in [0.05, 0.1) is 11.6 Å². The molecule has 4 nitrogen and oxygen atoms in total. The summed E-state index contributed by atoms with van der Waals surface area (Å²) in [6.07, 6.45) is 5.80. The van der Waals surface area contributed by atoms with Gasteiger partial charge >= 0.3 is 0 Å². The Labute approximate surface area is 105 Å². The van der Waals surface area contributed by atoms with Gasteiger partial charge in [0.25, 0.3) is 5.91 Å². The van der Waals surface area contributed by atoms with Gasteiger partial charge in [-0.05, 0) is 18.9 Å². The van der Waals surface area contributed by atoms with Gasteiger partial charge in [0.1, 0.15) is 5.69 Å². The molecule has 0 atom stereocenters. The topological polar surface area (TPSA) is 65.1 Å². The molecule has 1 aromatic heterocycles. The Morgan fingerprint density at radius 3 is 2.76 bits per heavy atom. The normalized spacial score (nSPS) is 18.2. The molecular formula is C12H17ClN2O2. The SMILES string of the molecule is O=C(NCC1(CO)CCCC1)c1cc(Cl)c[nH]1. The van der Waals surface area contributed by atoms with Crippen LogP contribution in [0.5, 0.6) is 0 Å². The number of aromatic amines is 1. The van der Waals surface area contributed by atoms with E-state index in [0.29, 0.717) is 17.3 Å². The summed E-state index contributed by atoms with van der Waals surface area (Å²) in [5.74, 6) is -0.170. The fraction of sp³-hybridized carbons (Fsp3) is 0.583. The summed E-state index contributed by atoms with van der Waals surface area (Å²) in [4.78, 5) is 14.6. The molecular weight excluding hydrogens is 240 g/mol. The maximum atomic E-state index is 11.8. The lowest BCUT2D eigenvalue weighted by atomic mass is 9.87. The fourth-order valence-corrected chi connectivity index (χ4v) is 2.54. The molecule has 1 aliphatic carbocycles. The lowest BCUT2D eigenvalue weighted by Gasteiger charge is -2.26. The molecule has 1 aliphatic rings. The Morgan fingerprint density at radius 1 is 1.53 bits per heavy atom. The van der Waals surface area contributed by atoms with E-state index in [1.165, 1.54) is 0 Å². The molecule has 0 unspecified atom stereocenters. The summed E-state index contributed by atoms with van der Waals surface area (Å²) < 4.78 is 0. The van der Waals surface area contributed by atoms with Gasteiger partial charge in [-0.25, -0.2) is 0 Å². The van der Waals surface area contributed by atoms with Crippen LogP contribution in [-0.4, -0.2) is 29.1 Å². The quantitative estimate of drug-likeness (QED) is 0.771. The predicted octanol–water partition coefficient (Wildman–Crippen LogP) is 1.95. The zero-order chi connectivity index (χ0) is 12.3. The van der Waals surface area contributed by atoms with Crippen LogP contribution in [-0.2, 0) is 0 Å². The highest BCUT2D eigenvalue weighted by Crippen LogP contribution is 2.36. The molecule has 0 bridgehead atoms. The van der Waals surface area contributed by atoms with Gasteiger partial charge in [-0.1, -0.05) is 24.4 Å². The van der Waals surface area contributed by atoms with E-state index >= 15 is 0 Å². The summed E-state index contributed by atoms with van der Waals surface area (Å²) >= 11 is 5.74. The van der Waals surface area contributed by atoms with Crippen LogP contribution in [0.1, 0.15) is 36.2 Å². The van der Waals surface area contributed by atoms with Gasteiger partial charge in [-0.3, -0.25) is 4.79 Å². The number of nitrogens with one attached hydrogen (secondary N) is 2. The Balaban J connectivity index is 1.91. The minimum absolute atomic E-state index is 0.119. The van der Waals surface area contributed by atoms with E-state index in [4.69, 9.17) is 11.6 Å². The average molecular weight is 257 g/mol. The summed E-state index contributed by atoms with van der Waals surface area (Å²) in [6.45, 7) is 0.664. The average Bonchev–Trinajstić information content (AvgIpc) is 2.95. The number of halogens is 1. The van der Waals surface area contributed by atoms with E-state index in [2.05, 4.69) is 10.3 Å². The third kappa shape index (κ3) is 2.82. The van der Waals surface area contributed by atoms with E-state index < -0.39 is 0 Å². The van der Waals surface area contributed by atoms with Crippen molar-refractivity contribution in [3.63, 3.8) is 0 Å². The molecule has 1 amide bonds. The Bertz CT molecular complexity index is 397. The lowest BCUT2D eigenvalue weighted by Crippen LogP contribution is -2.38. The highest BCUT2D eigenvalue weighted by molar-refractivity contribution is 6.30.